The fraction of sp³-hybridized carbons (Fsp3) is 0.667. The molecule has 1 aliphatic carbocycles. The summed E-state index contributed by atoms with van der Waals surface area (Å²) in [4.78, 5) is 23.7. The maximum Gasteiger partial charge on any atom is 0.283 e. The highest BCUT2D eigenvalue weighted by molar-refractivity contribution is 7.14. The van der Waals surface area contributed by atoms with Gasteiger partial charge in [0.1, 0.15) is 0 Å². The molecule has 22 heavy (non-hydrogen) atoms. The van der Waals surface area contributed by atoms with Crippen molar-refractivity contribution in [3.8, 4) is 0 Å². The maximum atomic E-state index is 12.4. The predicted molar refractivity (Wildman–Crippen MR) is 85.2 cm³/mol. The first-order chi connectivity index (χ1) is 10.5. The average molecular weight is 326 g/mol. The van der Waals surface area contributed by atoms with E-state index in [-0.39, 0.29) is 24.2 Å². The molecule has 1 heterocycles. The summed E-state index contributed by atoms with van der Waals surface area (Å²) < 4.78 is 0. The minimum atomic E-state index is -0.463. The van der Waals surface area contributed by atoms with E-state index in [2.05, 4.69) is 5.32 Å². The molecule has 0 radical (unpaired) electrons. The molecule has 122 valence electrons. The number of aryl methyl sites for hydroxylation is 1. The lowest BCUT2D eigenvalue weighted by Crippen LogP contribution is -2.41. The molecule has 0 spiro atoms. The Morgan fingerprint density at radius 2 is 2.18 bits per heavy atom. The third-order valence-corrected chi connectivity index (χ3v) is 5.33. The standard InChI is InChI=1S/C15H22N2O4S/c1-10-13(17(20)21)9-14(22-10)15(19)16-12(7-8-18)11-5-3-2-4-6-11/h9,11-12,18H,2-8H2,1H3,(H,16,19). The molecule has 1 atom stereocenters. The largest absolute Gasteiger partial charge is 0.396 e. The summed E-state index contributed by atoms with van der Waals surface area (Å²) >= 11 is 1.14. The molecule has 2 N–H and O–H groups in total. The number of nitrogens with zero attached hydrogens (tertiary/aromatic N) is 1. The highest BCUT2D eigenvalue weighted by Crippen LogP contribution is 2.30. The quantitative estimate of drug-likeness (QED) is 0.621. The van der Waals surface area contributed by atoms with Crippen molar-refractivity contribution >= 4 is 22.9 Å². The first-order valence-corrected chi connectivity index (χ1v) is 8.51. The molecule has 1 aromatic heterocycles. The van der Waals surface area contributed by atoms with Crippen LogP contribution in [0.5, 0.6) is 0 Å². The Morgan fingerprint density at radius 3 is 2.73 bits per heavy atom. The fourth-order valence-corrected chi connectivity index (χ4v) is 4.00. The Morgan fingerprint density at radius 1 is 1.50 bits per heavy atom. The summed E-state index contributed by atoms with van der Waals surface area (Å²) in [5.41, 5.74) is -0.00785. The molecular formula is C15H22N2O4S. The zero-order valence-corrected chi connectivity index (χ0v) is 13.5. The lowest BCUT2D eigenvalue weighted by molar-refractivity contribution is -0.385. The van der Waals surface area contributed by atoms with Gasteiger partial charge in [-0.1, -0.05) is 19.3 Å². The Kier molecular flexibility index (Phi) is 5.90. The Bertz CT molecular complexity index is 538. The van der Waals surface area contributed by atoms with Crippen LogP contribution in [0.1, 0.15) is 53.1 Å². The number of nitro groups is 1. The molecule has 1 saturated carbocycles. The van der Waals surface area contributed by atoms with Gasteiger partial charge < -0.3 is 10.4 Å². The van der Waals surface area contributed by atoms with Gasteiger partial charge in [-0.05, 0) is 32.1 Å². The first kappa shape index (κ1) is 16.9. The molecule has 1 aliphatic rings. The van der Waals surface area contributed by atoms with Crippen LogP contribution in [0, 0.1) is 23.0 Å². The fourth-order valence-electron chi connectivity index (χ4n) is 3.11. The van der Waals surface area contributed by atoms with Gasteiger partial charge in [-0.15, -0.1) is 11.3 Å². The summed E-state index contributed by atoms with van der Waals surface area (Å²) in [7, 11) is 0. The molecule has 1 fully saturated rings. The third-order valence-electron chi connectivity index (χ3n) is 4.29. The van der Waals surface area contributed by atoms with Crippen LogP contribution in [0.25, 0.3) is 0 Å². The SMILES string of the molecule is Cc1sc(C(=O)NC(CCO)C2CCCCC2)cc1[N+](=O)[O-]. The molecule has 7 heteroatoms. The number of aliphatic hydroxyl groups excluding tert-OH is 1. The van der Waals surface area contributed by atoms with Gasteiger partial charge in [-0.3, -0.25) is 14.9 Å². The van der Waals surface area contributed by atoms with Crippen molar-refractivity contribution in [3.05, 3.63) is 25.9 Å². The average Bonchev–Trinajstić information content (AvgIpc) is 2.90. The number of aliphatic hydroxyl groups is 1. The zero-order valence-electron chi connectivity index (χ0n) is 12.7. The van der Waals surface area contributed by atoms with Crippen molar-refractivity contribution in [1.29, 1.82) is 0 Å². The summed E-state index contributed by atoms with van der Waals surface area (Å²) in [6.07, 6.45) is 6.21. The van der Waals surface area contributed by atoms with E-state index in [1.165, 1.54) is 12.5 Å². The minimum absolute atomic E-state index is 0.00785. The second-order valence-electron chi connectivity index (χ2n) is 5.80. The van der Waals surface area contributed by atoms with E-state index in [9.17, 15) is 20.0 Å². The molecule has 0 bridgehead atoms. The Balaban J connectivity index is 2.06. The van der Waals surface area contributed by atoms with Gasteiger partial charge >= 0.3 is 0 Å². The van der Waals surface area contributed by atoms with Crippen LogP contribution in [-0.2, 0) is 0 Å². The van der Waals surface area contributed by atoms with Crippen LogP contribution >= 0.6 is 11.3 Å². The number of thiophene rings is 1. The van der Waals surface area contributed by atoms with Crippen LogP contribution in [-0.4, -0.2) is 28.6 Å². The van der Waals surface area contributed by atoms with E-state index in [0.717, 1.165) is 37.0 Å². The van der Waals surface area contributed by atoms with E-state index in [0.29, 0.717) is 22.1 Å². The molecule has 1 aromatic rings. The predicted octanol–water partition coefficient (Wildman–Crippen LogP) is 3.03. The second-order valence-corrected chi connectivity index (χ2v) is 7.06. The van der Waals surface area contributed by atoms with E-state index >= 15 is 0 Å². The molecule has 2 rings (SSSR count). The highest BCUT2D eigenvalue weighted by atomic mass is 32.1. The number of nitrogens with one attached hydrogen (secondary N) is 1. The lowest BCUT2D eigenvalue weighted by Gasteiger charge is -2.30. The summed E-state index contributed by atoms with van der Waals surface area (Å²) in [6, 6.07) is 1.28. The second kappa shape index (κ2) is 7.69. The van der Waals surface area contributed by atoms with Gasteiger partial charge in [-0.25, -0.2) is 0 Å². The normalized spacial score (nSPS) is 17.2. The summed E-state index contributed by atoms with van der Waals surface area (Å²) in [5.74, 6) is 0.117. The molecule has 0 aliphatic heterocycles. The maximum absolute atomic E-state index is 12.4. The molecular weight excluding hydrogens is 304 g/mol. The van der Waals surface area contributed by atoms with Crippen molar-refractivity contribution in [2.75, 3.05) is 6.61 Å². The number of carbonyl (C=O) groups is 1. The van der Waals surface area contributed by atoms with Crippen LogP contribution < -0.4 is 5.32 Å². The summed E-state index contributed by atoms with van der Waals surface area (Å²) in [5, 5.41) is 23.1. The van der Waals surface area contributed by atoms with Crippen LogP contribution in [0.4, 0.5) is 5.69 Å². The molecule has 0 saturated heterocycles. The van der Waals surface area contributed by atoms with Gasteiger partial charge in [0.25, 0.3) is 11.6 Å². The van der Waals surface area contributed by atoms with Crippen LogP contribution in [0.15, 0.2) is 6.07 Å². The topological polar surface area (TPSA) is 92.5 Å². The van der Waals surface area contributed by atoms with Gasteiger partial charge in [0.05, 0.1) is 14.7 Å². The third kappa shape index (κ3) is 4.04. The van der Waals surface area contributed by atoms with Gasteiger partial charge in [0.2, 0.25) is 0 Å². The number of hydrogen-bond donors (Lipinski definition) is 2. The van der Waals surface area contributed by atoms with Gasteiger partial charge in [-0.2, -0.15) is 0 Å². The Hall–Kier alpha value is -1.47. The van der Waals surface area contributed by atoms with E-state index < -0.39 is 4.92 Å². The van der Waals surface area contributed by atoms with Gasteiger partial charge in [0.15, 0.2) is 0 Å². The zero-order chi connectivity index (χ0) is 16.1. The minimum Gasteiger partial charge on any atom is -0.396 e. The van der Waals surface area contributed by atoms with E-state index in [4.69, 9.17) is 0 Å². The number of amides is 1. The molecule has 6 nitrogen and oxygen atoms in total. The first-order valence-electron chi connectivity index (χ1n) is 7.69. The highest BCUT2D eigenvalue weighted by Gasteiger charge is 2.27. The van der Waals surface area contributed by atoms with Crippen LogP contribution in [0.3, 0.4) is 0 Å². The Labute approximate surface area is 133 Å². The van der Waals surface area contributed by atoms with E-state index in [1.54, 1.807) is 6.92 Å². The van der Waals surface area contributed by atoms with Crippen molar-refractivity contribution < 1.29 is 14.8 Å². The summed E-state index contributed by atoms with van der Waals surface area (Å²) in [6.45, 7) is 1.68. The number of carbonyl (C=O) groups excluding carboxylic acids is 1. The van der Waals surface area contributed by atoms with E-state index in [1.807, 2.05) is 0 Å². The lowest BCUT2D eigenvalue weighted by atomic mass is 9.82. The number of hydrogen-bond acceptors (Lipinski definition) is 5. The van der Waals surface area contributed by atoms with Crippen molar-refractivity contribution in [2.24, 2.45) is 5.92 Å². The number of rotatable bonds is 6. The molecule has 0 aromatic carbocycles. The van der Waals surface area contributed by atoms with Gasteiger partial charge in [0, 0.05) is 18.7 Å². The molecule has 1 unspecified atom stereocenters. The van der Waals surface area contributed by atoms with Crippen molar-refractivity contribution in [3.63, 3.8) is 0 Å². The molecule has 1 amide bonds. The van der Waals surface area contributed by atoms with Crippen molar-refractivity contribution in [2.45, 2.75) is 51.5 Å². The monoisotopic (exact) mass is 326 g/mol. The van der Waals surface area contributed by atoms with Crippen molar-refractivity contribution in [1.82, 2.24) is 5.32 Å². The smallest absolute Gasteiger partial charge is 0.283 e. The van der Waals surface area contributed by atoms with Crippen LogP contribution in [0.2, 0.25) is 0 Å².